The molecule has 0 unspecified atom stereocenters. The van der Waals surface area contributed by atoms with E-state index in [1.54, 1.807) is 23.1 Å². The van der Waals surface area contributed by atoms with Crippen LogP contribution in [0.1, 0.15) is 6.42 Å². The van der Waals surface area contributed by atoms with Gasteiger partial charge < -0.3 is 14.7 Å². The van der Waals surface area contributed by atoms with Crippen molar-refractivity contribution in [2.24, 2.45) is 5.92 Å². The zero-order valence-corrected chi connectivity index (χ0v) is 10.8. The molecule has 0 aromatic heterocycles. The van der Waals surface area contributed by atoms with Crippen LogP contribution in [-0.4, -0.2) is 42.2 Å². The lowest BCUT2D eigenvalue weighted by atomic mass is 10.0. The van der Waals surface area contributed by atoms with Gasteiger partial charge in [-0.3, -0.25) is 4.79 Å². The van der Waals surface area contributed by atoms with Gasteiger partial charge in [-0.1, -0.05) is 17.7 Å². The van der Waals surface area contributed by atoms with Gasteiger partial charge in [0.05, 0.1) is 13.0 Å². The molecule has 1 N–H and O–H groups in total. The highest BCUT2D eigenvalue weighted by Gasteiger charge is 2.29. The summed E-state index contributed by atoms with van der Waals surface area (Å²) < 4.78 is 5.45. The predicted octanol–water partition coefficient (Wildman–Crippen LogP) is 1.56. The Hall–Kier alpha value is -1.26. The molecule has 4 nitrogen and oxygen atoms in total. The van der Waals surface area contributed by atoms with Crippen molar-refractivity contribution >= 4 is 17.5 Å². The summed E-state index contributed by atoms with van der Waals surface area (Å²) in [6, 6.07) is 7.11. The number of carbonyl (C=O) groups excluding carboxylic acids is 1. The van der Waals surface area contributed by atoms with Crippen molar-refractivity contribution in [2.45, 2.75) is 6.42 Å². The first kappa shape index (κ1) is 13.2. The van der Waals surface area contributed by atoms with Gasteiger partial charge in [0, 0.05) is 30.6 Å². The molecule has 98 valence electrons. The van der Waals surface area contributed by atoms with Crippen molar-refractivity contribution in [1.29, 1.82) is 0 Å². The number of halogens is 1. The molecule has 2 rings (SSSR count). The van der Waals surface area contributed by atoms with Gasteiger partial charge in [-0.15, -0.1) is 0 Å². The number of likely N-dealkylation sites (tertiary alicyclic amines) is 1. The number of nitrogens with zero attached hydrogens (tertiary/aromatic N) is 1. The number of amides is 1. The van der Waals surface area contributed by atoms with E-state index in [4.69, 9.17) is 21.4 Å². The molecular weight excluding hydrogens is 254 g/mol. The molecule has 18 heavy (non-hydrogen) atoms. The van der Waals surface area contributed by atoms with Gasteiger partial charge >= 0.3 is 0 Å². The third kappa shape index (κ3) is 3.37. The smallest absolute Gasteiger partial charge is 0.226 e. The average Bonchev–Trinajstić information content (AvgIpc) is 2.27. The lowest BCUT2D eigenvalue weighted by Gasteiger charge is -2.38. The molecule has 1 heterocycles. The number of hydrogen-bond acceptors (Lipinski definition) is 3. The van der Waals surface area contributed by atoms with Crippen LogP contribution in [0.25, 0.3) is 0 Å². The minimum absolute atomic E-state index is 0.0710. The number of carbonyl (C=O) groups is 1. The molecule has 0 atom stereocenters. The number of benzene rings is 1. The summed E-state index contributed by atoms with van der Waals surface area (Å²) in [5, 5.41) is 9.48. The second kappa shape index (κ2) is 6.07. The number of aliphatic hydroxyl groups excluding tert-OH is 1. The molecule has 1 amide bonds. The SMILES string of the molecule is O=C(CCOc1cccc(Cl)c1)N1CC(CO)C1. The molecule has 0 radical (unpaired) electrons. The highest BCUT2D eigenvalue weighted by Crippen LogP contribution is 2.18. The molecule has 0 bridgehead atoms. The molecule has 1 aliphatic rings. The molecule has 0 saturated carbocycles. The van der Waals surface area contributed by atoms with Crippen LogP contribution in [0.15, 0.2) is 24.3 Å². The summed E-state index contributed by atoms with van der Waals surface area (Å²) in [5.41, 5.74) is 0. The first-order chi connectivity index (χ1) is 8.69. The number of aliphatic hydroxyl groups is 1. The predicted molar refractivity (Wildman–Crippen MR) is 68.7 cm³/mol. The standard InChI is InChI=1S/C13H16ClNO3/c14-11-2-1-3-12(6-11)18-5-4-13(17)15-7-10(8-15)9-16/h1-3,6,10,16H,4-5,7-9H2. The van der Waals surface area contributed by atoms with E-state index in [9.17, 15) is 4.79 Å². The molecular formula is C13H16ClNO3. The zero-order chi connectivity index (χ0) is 13.0. The van der Waals surface area contributed by atoms with E-state index in [1.807, 2.05) is 6.07 Å². The molecule has 1 aromatic rings. The van der Waals surface area contributed by atoms with E-state index in [1.165, 1.54) is 0 Å². The Labute approximate surface area is 111 Å². The van der Waals surface area contributed by atoms with Crippen LogP contribution in [0.5, 0.6) is 5.75 Å². The van der Waals surface area contributed by atoms with Crippen LogP contribution in [0.3, 0.4) is 0 Å². The maximum atomic E-state index is 11.7. The van der Waals surface area contributed by atoms with E-state index < -0.39 is 0 Å². The van der Waals surface area contributed by atoms with Gasteiger partial charge in [0.1, 0.15) is 5.75 Å². The molecule has 5 heteroatoms. The third-order valence-electron chi connectivity index (χ3n) is 2.95. The van der Waals surface area contributed by atoms with Crippen LogP contribution < -0.4 is 4.74 Å². The summed E-state index contributed by atoms with van der Waals surface area (Å²) >= 11 is 5.82. The first-order valence-corrected chi connectivity index (χ1v) is 6.34. The van der Waals surface area contributed by atoms with Crippen LogP contribution in [0.4, 0.5) is 0 Å². The maximum Gasteiger partial charge on any atom is 0.226 e. The fourth-order valence-corrected chi connectivity index (χ4v) is 2.04. The fourth-order valence-electron chi connectivity index (χ4n) is 1.86. The third-order valence-corrected chi connectivity index (χ3v) is 3.18. The Kier molecular flexibility index (Phi) is 4.44. The average molecular weight is 270 g/mol. The van der Waals surface area contributed by atoms with E-state index >= 15 is 0 Å². The Bertz CT molecular complexity index is 418. The van der Waals surface area contributed by atoms with Gasteiger partial charge in [0.2, 0.25) is 5.91 Å². The number of rotatable bonds is 5. The summed E-state index contributed by atoms with van der Waals surface area (Å²) in [4.78, 5) is 13.4. The molecule has 1 saturated heterocycles. The van der Waals surface area contributed by atoms with Crippen molar-refractivity contribution in [3.05, 3.63) is 29.3 Å². The summed E-state index contributed by atoms with van der Waals surface area (Å²) in [6.45, 7) is 1.82. The van der Waals surface area contributed by atoms with Crippen LogP contribution >= 0.6 is 11.6 Å². The van der Waals surface area contributed by atoms with Crippen molar-refractivity contribution in [3.8, 4) is 5.75 Å². The van der Waals surface area contributed by atoms with Crippen molar-refractivity contribution < 1.29 is 14.6 Å². The van der Waals surface area contributed by atoms with Crippen LogP contribution in [0.2, 0.25) is 5.02 Å². The lowest BCUT2D eigenvalue weighted by Crippen LogP contribution is -2.51. The van der Waals surface area contributed by atoms with Gasteiger partial charge in [-0.05, 0) is 18.2 Å². The Morgan fingerprint density at radius 2 is 2.28 bits per heavy atom. The van der Waals surface area contributed by atoms with Gasteiger partial charge in [-0.25, -0.2) is 0 Å². The van der Waals surface area contributed by atoms with Crippen molar-refractivity contribution in [3.63, 3.8) is 0 Å². The lowest BCUT2D eigenvalue weighted by molar-refractivity contribution is -0.138. The van der Waals surface area contributed by atoms with Crippen molar-refractivity contribution in [2.75, 3.05) is 26.3 Å². The molecule has 1 aliphatic heterocycles. The summed E-state index contributed by atoms with van der Waals surface area (Å²) in [7, 11) is 0. The van der Waals surface area contributed by atoms with Crippen molar-refractivity contribution in [1.82, 2.24) is 4.90 Å². The van der Waals surface area contributed by atoms with E-state index in [0.717, 1.165) is 0 Å². The Morgan fingerprint density at radius 3 is 2.94 bits per heavy atom. The quantitative estimate of drug-likeness (QED) is 0.883. The highest BCUT2D eigenvalue weighted by molar-refractivity contribution is 6.30. The van der Waals surface area contributed by atoms with Crippen LogP contribution in [0, 0.1) is 5.92 Å². The zero-order valence-electron chi connectivity index (χ0n) is 10.0. The second-order valence-corrected chi connectivity index (χ2v) is 4.84. The van der Waals surface area contributed by atoms with Gasteiger partial charge in [0.15, 0.2) is 0 Å². The molecule has 1 aromatic carbocycles. The number of ether oxygens (including phenoxy) is 1. The first-order valence-electron chi connectivity index (χ1n) is 5.96. The molecule has 0 aliphatic carbocycles. The van der Waals surface area contributed by atoms with Crippen LogP contribution in [-0.2, 0) is 4.79 Å². The Morgan fingerprint density at radius 1 is 1.50 bits per heavy atom. The molecule has 1 fully saturated rings. The minimum atomic E-state index is 0.0710. The normalized spacial score (nSPS) is 15.3. The van der Waals surface area contributed by atoms with Gasteiger partial charge in [-0.2, -0.15) is 0 Å². The highest BCUT2D eigenvalue weighted by atomic mass is 35.5. The second-order valence-electron chi connectivity index (χ2n) is 4.40. The monoisotopic (exact) mass is 269 g/mol. The van der Waals surface area contributed by atoms with E-state index in [-0.39, 0.29) is 18.4 Å². The minimum Gasteiger partial charge on any atom is -0.493 e. The summed E-state index contributed by atoms with van der Waals surface area (Å²) in [5.74, 6) is 0.997. The topological polar surface area (TPSA) is 49.8 Å². The van der Waals surface area contributed by atoms with E-state index in [0.29, 0.717) is 36.9 Å². The molecule has 0 spiro atoms. The summed E-state index contributed by atoms with van der Waals surface area (Å²) in [6.07, 6.45) is 0.352. The largest absolute Gasteiger partial charge is 0.493 e. The number of hydrogen-bond donors (Lipinski definition) is 1. The Balaban J connectivity index is 1.68. The van der Waals surface area contributed by atoms with Gasteiger partial charge in [0.25, 0.3) is 0 Å². The fraction of sp³-hybridized carbons (Fsp3) is 0.462. The maximum absolute atomic E-state index is 11.7. The van der Waals surface area contributed by atoms with E-state index in [2.05, 4.69) is 0 Å².